The van der Waals surface area contributed by atoms with E-state index < -0.39 is 24.3 Å². The van der Waals surface area contributed by atoms with Crippen molar-refractivity contribution in [1.29, 1.82) is 0 Å². The lowest BCUT2D eigenvalue weighted by Crippen LogP contribution is -2.39. The van der Waals surface area contributed by atoms with Crippen LogP contribution in [0, 0.1) is 0 Å². The molecule has 17 heavy (non-hydrogen) atoms. The summed E-state index contributed by atoms with van der Waals surface area (Å²) in [6.45, 7) is 3.71. The molecular formula is C13H16O4. The Balaban J connectivity index is 2.27. The van der Waals surface area contributed by atoms with E-state index in [1.165, 1.54) is 6.08 Å². The van der Waals surface area contributed by atoms with Crippen LogP contribution >= 0.6 is 0 Å². The highest BCUT2D eigenvalue weighted by molar-refractivity contribution is 5.92. The van der Waals surface area contributed by atoms with E-state index in [-0.39, 0.29) is 6.10 Å². The van der Waals surface area contributed by atoms with Crippen molar-refractivity contribution in [3.05, 3.63) is 36.0 Å². The van der Waals surface area contributed by atoms with Crippen molar-refractivity contribution in [1.82, 2.24) is 0 Å². The Hall–Kier alpha value is -1.39. The zero-order chi connectivity index (χ0) is 12.4. The van der Waals surface area contributed by atoms with Crippen molar-refractivity contribution in [2.45, 2.75) is 38.3 Å². The summed E-state index contributed by atoms with van der Waals surface area (Å²) >= 11 is 0. The van der Waals surface area contributed by atoms with Gasteiger partial charge in [-0.15, -0.1) is 0 Å². The summed E-state index contributed by atoms with van der Waals surface area (Å²) < 4.78 is 10.9. The molecule has 0 spiro atoms. The number of hydrogen-bond acceptors (Lipinski definition) is 4. The van der Waals surface area contributed by atoms with Crippen LogP contribution in [0.1, 0.15) is 13.8 Å². The van der Waals surface area contributed by atoms with Crippen molar-refractivity contribution in [2.24, 2.45) is 0 Å². The van der Waals surface area contributed by atoms with Crippen LogP contribution in [-0.2, 0) is 14.3 Å². The van der Waals surface area contributed by atoms with Gasteiger partial charge in [-0.25, -0.2) is 4.79 Å². The number of aliphatic hydroxyl groups excluding tert-OH is 1. The van der Waals surface area contributed by atoms with Crippen LogP contribution < -0.4 is 0 Å². The summed E-state index contributed by atoms with van der Waals surface area (Å²) in [6, 6.07) is 0. The van der Waals surface area contributed by atoms with Crippen molar-refractivity contribution in [3.8, 4) is 0 Å². The second-order valence-corrected chi connectivity index (χ2v) is 4.06. The number of allylic oxidation sites excluding steroid dienone is 2. The highest BCUT2D eigenvalue weighted by atomic mass is 16.6. The van der Waals surface area contributed by atoms with Crippen molar-refractivity contribution < 1.29 is 19.4 Å². The first-order valence-corrected chi connectivity index (χ1v) is 5.69. The molecular weight excluding hydrogens is 220 g/mol. The summed E-state index contributed by atoms with van der Waals surface area (Å²) in [4.78, 5) is 11.6. The van der Waals surface area contributed by atoms with Crippen molar-refractivity contribution >= 4 is 5.97 Å². The molecule has 92 valence electrons. The predicted octanol–water partition coefficient (Wildman–Crippen LogP) is 1.12. The molecule has 0 bridgehead atoms. The molecule has 2 rings (SSSR count). The van der Waals surface area contributed by atoms with Gasteiger partial charge in [0.05, 0.1) is 5.57 Å². The summed E-state index contributed by atoms with van der Waals surface area (Å²) in [7, 11) is 0. The van der Waals surface area contributed by atoms with E-state index in [4.69, 9.17) is 9.47 Å². The van der Waals surface area contributed by atoms with Gasteiger partial charge in [-0.05, 0) is 26.0 Å². The fourth-order valence-corrected chi connectivity index (χ4v) is 2.07. The molecule has 2 aliphatic rings. The molecule has 4 atom stereocenters. The zero-order valence-electron chi connectivity index (χ0n) is 9.87. The maximum atomic E-state index is 11.6. The Bertz CT molecular complexity index is 394. The van der Waals surface area contributed by atoms with Crippen LogP contribution in [0.5, 0.6) is 0 Å². The van der Waals surface area contributed by atoms with Crippen molar-refractivity contribution in [3.63, 3.8) is 0 Å². The van der Waals surface area contributed by atoms with Crippen LogP contribution in [0.2, 0.25) is 0 Å². The molecule has 4 heteroatoms. The average molecular weight is 236 g/mol. The lowest BCUT2D eigenvalue weighted by molar-refractivity contribution is -0.138. The smallest absolute Gasteiger partial charge is 0.337 e. The van der Waals surface area contributed by atoms with Gasteiger partial charge in [-0.2, -0.15) is 0 Å². The Morgan fingerprint density at radius 2 is 1.88 bits per heavy atom. The molecule has 1 fully saturated rings. The number of cyclic esters (lactones) is 1. The molecule has 2 aliphatic heterocycles. The lowest BCUT2D eigenvalue weighted by atomic mass is 9.99. The van der Waals surface area contributed by atoms with Gasteiger partial charge in [0.25, 0.3) is 0 Å². The van der Waals surface area contributed by atoms with Gasteiger partial charge in [0, 0.05) is 0 Å². The highest BCUT2D eigenvalue weighted by Gasteiger charge is 2.44. The Morgan fingerprint density at radius 3 is 2.53 bits per heavy atom. The van der Waals surface area contributed by atoms with Crippen molar-refractivity contribution in [2.75, 3.05) is 0 Å². The van der Waals surface area contributed by atoms with E-state index in [1.807, 2.05) is 26.0 Å². The normalized spacial score (nSPS) is 37.4. The molecule has 4 nitrogen and oxygen atoms in total. The van der Waals surface area contributed by atoms with E-state index in [9.17, 15) is 9.90 Å². The Kier molecular flexibility index (Phi) is 3.45. The third kappa shape index (κ3) is 2.18. The van der Waals surface area contributed by atoms with E-state index >= 15 is 0 Å². The van der Waals surface area contributed by atoms with E-state index in [1.54, 1.807) is 12.2 Å². The number of rotatable bonds is 2. The van der Waals surface area contributed by atoms with Crippen LogP contribution in [0.3, 0.4) is 0 Å². The quantitative estimate of drug-likeness (QED) is 0.576. The molecule has 0 aromatic heterocycles. The molecule has 2 heterocycles. The maximum Gasteiger partial charge on any atom is 0.337 e. The maximum absolute atomic E-state index is 11.6. The van der Waals surface area contributed by atoms with E-state index in [0.717, 1.165) is 0 Å². The first-order chi connectivity index (χ1) is 8.17. The van der Waals surface area contributed by atoms with E-state index in [2.05, 4.69) is 0 Å². The highest BCUT2D eigenvalue weighted by Crippen LogP contribution is 2.31. The number of aliphatic hydroxyl groups is 1. The number of hydrogen-bond donors (Lipinski definition) is 1. The average Bonchev–Trinajstić information content (AvgIpc) is 2.58. The fourth-order valence-electron chi connectivity index (χ4n) is 2.07. The largest absolute Gasteiger partial charge is 0.452 e. The standard InChI is InChI=1S/C13H16O4/c1-3-5-10-9(14)7-8-12(16-10)11(6-4-2)17-13(8)15/h3-7,9-12,14H,1-2H3/b5-3+,6-4+/t9-,10+,11-,12+/m0/s1. The lowest BCUT2D eigenvalue weighted by Gasteiger charge is -2.28. The molecule has 1 saturated heterocycles. The number of esters is 1. The van der Waals surface area contributed by atoms with Crippen LogP contribution in [0.15, 0.2) is 36.0 Å². The third-order valence-electron chi connectivity index (χ3n) is 2.84. The predicted molar refractivity (Wildman–Crippen MR) is 62.3 cm³/mol. The summed E-state index contributed by atoms with van der Waals surface area (Å²) in [5.41, 5.74) is 0.418. The minimum absolute atomic E-state index is 0.390. The van der Waals surface area contributed by atoms with Gasteiger partial charge < -0.3 is 14.6 Å². The number of carbonyl (C=O) groups excluding carboxylic acids is 1. The second-order valence-electron chi connectivity index (χ2n) is 4.06. The minimum atomic E-state index is -0.797. The minimum Gasteiger partial charge on any atom is -0.452 e. The molecule has 0 unspecified atom stereocenters. The molecule has 0 radical (unpaired) electrons. The van der Waals surface area contributed by atoms with Crippen LogP contribution in [0.25, 0.3) is 0 Å². The number of fused-ring (bicyclic) bond motifs is 1. The van der Waals surface area contributed by atoms with Gasteiger partial charge in [-0.3, -0.25) is 0 Å². The number of carbonyl (C=O) groups is 1. The van der Waals surface area contributed by atoms with Gasteiger partial charge in [0.2, 0.25) is 0 Å². The SMILES string of the molecule is C/C=C/[C@@H]1OC(=O)C2=C[C@H](O)[C@@H](/C=C/C)O[C@H]21. The third-order valence-corrected chi connectivity index (χ3v) is 2.84. The molecule has 1 N–H and O–H groups in total. The first-order valence-electron chi connectivity index (χ1n) is 5.69. The summed E-state index contributed by atoms with van der Waals surface area (Å²) in [5.74, 6) is -0.406. The molecule has 0 aromatic rings. The van der Waals surface area contributed by atoms with Gasteiger partial charge in [0.15, 0.2) is 6.10 Å². The topological polar surface area (TPSA) is 55.8 Å². The van der Waals surface area contributed by atoms with Gasteiger partial charge in [0.1, 0.15) is 18.3 Å². The Morgan fingerprint density at radius 1 is 1.24 bits per heavy atom. The van der Waals surface area contributed by atoms with Crippen LogP contribution in [0.4, 0.5) is 0 Å². The summed E-state index contributed by atoms with van der Waals surface area (Å²) in [6.07, 6.45) is 6.70. The molecule has 0 saturated carbocycles. The fraction of sp³-hybridized carbons (Fsp3) is 0.462. The first kappa shape index (κ1) is 12.1. The van der Waals surface area contributed by atoms with Gasteiger partial charge >= 0.3 is 5.97 Å². The summed E-state index contributed by atoms with van der Waals surface area (Å²) in [5, 5.41) is 9.80. The molecule has 0 aromatic carbocycles. The Labute approximate surface area is 100 Å². The van der Waals surface area contributed by atoms with Gasteiger partial charge in [-0.1, -0.05) is 18.2 Å². The van der Waals surface area contributed by atoms with Crippen LogP contribution in [-0.4, -0.2) is 35.5 Å². The zero-order valence-corrected chi connectivity index (χ0v) is 9.87. The second kappa shape index (κ2) is 4.85. The number of ether oxygens (including phenoxy) is 2. The van der Waals surface area contributed by atoms with E-state index in [0.29, 0.717) is 5.57 Å². The molecule has 0 amide bonds. The molecule has 0 aliphatic carbocycles. The monoisotopic (exact) mass is 236 g/mol.